The molecule has 1 rings (SSSR count). The average Bonchev–Trinajstić information content (AvgIpc) is 2.59. The zero-order valence-corrected chi connectivity index (χ0v) is 11.3. The molecular formula is C7H10BrN5O2S. The molecule has 0 amide bonds. The van der Waals surface area contributed by atoms with Crippen molar-refractivity contribution in [1.82, 2.24) is 9.88 Å². The van der Waals surface area contributed by atoms with Crippen LogP contribution in [0.5, 0.6) is 0 Å². The van der Waals surface area contributed by atoms with E-state index in [1.165, 1.54) is 11.3 Å². The van der Waals surface area contributed by atoms with Gasteiger partial charge < -0.3 is 9.80 Å². The number of guanidine groups is 1. The van der Waals surface area contributed by atoms with E-state index in [0.717, 1.165) is 5.00 Å². The summed E-state index contributed by atoms with van der Waals surface area (Å²) in [5, 5.41) is 13.8. The SMILES string of the molecule is CN(C)C(=N[N+](=O)[O-])N(C)c1cnc(Br)s1. The first kappa shape index (κ1) is 12.8. The van der Waals surface area contributed by atoms with Crippen LogP contribution < -0.4 is 4.90 Å². The number of hydrogen-bond donors (Lipinski definition) is 0. The van der Waals surface area contributed by atoms with Crippen LogP contribution in [-0.4, -0.2) is 42.0 Å². The Morgan fingerprint density at radius 3 is 2.62 bits per heavy atom. The third-order valence-corrected chi connectivity index (χ3v) is 3.22. The van der Waals surface area contributed by atoms with Gasteiger partial charge in [0.25, 0.3) is 5.96 Å². The maximum absolute atomic E-state index is 10.4. The summed E-state index contributed by atoms with van der Waals surface area (Å²) in [5.74, 6) is 0.237. The summed E-state index contributed by atoms with van der Waals surface area (Å²) in [5.41, 5.74) is 0. The predicted octanol–water partition coefficient (Wildman–Crippen LogP) is 1.45. The normalized spacial score (nSPS) is 11.4. The van der Waals surface area contributed by atoms with Gasteiger partial charge in [0.05, 0.1) is 6.20 Å². The summed E-state index contributed by atoms with van der Waals surface area (Å²) in [7, 11) is 5.08. The number of anilines is 1. The van der Waals surface area contributed by atoms with Gasteiger partial charge in [0, 0.05) is 21.1 Å². The summed E-state index contributed by atoms with van der Waals surface area (Å²) in [4.78, 5) is 17.6. The van der Waals surface area contributed by atoms with E-state index < -0.39 is 5.03 Å². The molecule has 1 heterocycles. The molecule has 0 aromatic carbocycles. The van der Waals surface area contributed by atoms with Gasteiger partial charge in [-0.1, -0.05) is 11.3 Å². The van der Waals surface area contributed by atoms with Gasteiger partial charge in [0.15, 0.2) is 8.95 Å². The Bertz CT molecular complexity index is 419. The van der Waals surface area contributed by atoms with Gasteiger partial charge in [-0.3, -0.25) is 0 Å². The molecule has 0 radical (unpaired) electrons. The van der Waals surface area contributed by atoms with Crippen LogP contribution in [0.2, 0.25) is 0 Å². The van der Waals surface area contributed by atoms with Crippen LogP contribution in [0.25, 0.3) is 0 Å². The molecule has 0 fully saturated rings. The maximum atomic E-state index is 10.4. The van der Waals surface area contributed by atoms with E-state index in [-0.39, 0.29) is 5.96 Å². The fourth-order valence-corrected chi connectivity index (χ4v) is 2.23. The number of rotatable bonds is 2. The molecule has 16 heavy (non-hydrogen) atoms. The Morgan fingerprint density at radius 1 is 1.62 bits per heavy atom. The minimum Gasteiger partial charge on any atom is -0.343 e. The molecule has 9 heteroatoms. The highest BCUT2D eigenvalue weighted by molar-refractivity contribution is 9.11. The van der Waals surface area contributed by atoms with Gasteiger partial charge in [0.1, 0.15) is 10.1 Å². The van der Waals surface area contributed by atoms with Crippen LogP contribution in [0.15, 0.2) is 15.2 Å². The van der Waals surface area contributed by atoms with E-state index in [2.05, 4.69) is 26.0 Å². The van der Waals surface area contributed by atoms with Crippen LogP contribution >= 0.6 is 27.3 Å². The standard InChI is InChI=1S/C7H10BrN5O2S/c1-11(2)7(10-13(14)15)12(3)5-4-9-6(8)16-5/h4H,1-3H3. The molecule has 1 aromatic heterocycles. The molecule has 0 aliphatic rings. The fourth-order valence-electron chi connectivity index (χ4n) is 1.03. The molecule has 0 spiro atoms. The molecule has 0 bridgehead atoms. The number of hydrogen-bond acceptors (Lipinski definition) is 4. The number of hydrazone groups is 1. The smallest absolute Gasteiger partial charge is 0.278 e. The van der Waals surface area contributed by atoms with E-state index in [9.17, 15) is 10.1 Å². The Kier molecular flexibility index (Phi) is 4.19. The van der Waals surface area contributed by atoms with Gasteiger partial charge in [-0.25, -0.2) is 15.1 Å². The van der Waals surface area contributed by atoms with Crippen molar-refractivity contribution in [3.8, 4) is 0 Å². The van der Waals surface area contributed by atoms with Crippen molar-refractivity contribution in [1.29, 1.82) is 0 Å². The van der Waals surface area contributed by atoms with Crippen molar-refractivity contribution in [2.24, 2.45) is 5.10 Å². The molecule has 1 aromatic rings. The lowest BCUT2D eigenvalue weighted by atomic mass is 10.6. The predicted molar refractivity (Wildman–Crippen MR) is 66.3 cm³/mol. The first-order chi connectivity index (χ1) is 7.41. The first-order valence-electron chi connectivity index (χ1n) is 4.17. The summed E-state index contributed by atoms with van der Waals surface area (Å²) in [6, 6.07) is 0. The van der Waals surface area contributed by atoms with E-state index >= 15 is 0 Å². The summed E-state index contributed by atoms with van der Waals surface area (Å²) < 4.78 is 0.716. The third kappa shape index (κ3) is 3.14. The summed E-state index contributed by atoms with van der Waals surface area (Å²) in [6.07, 6.45) is 1.62. The zero-order valence-electron chi connectivity index (χ0n) is 8.92. The Labute approximate surface area is 105 Å². The van der Waals surface area contributed by atoms with Crippen molar-refractivity contribution in [2.75, 3.05) is 26.0 Å². The maximum Gasteiger partial charge on any atom is 0.278 e. The molecule has 0 N–H and O–H groups in total. The topological polar surface area (TPSA) is 74.9 Å². The number of nitro groups is 1. The largest absolute Gasteiger partial charge is 0.343 e. The van der Waals surface area contributed by atoms with Crippen molar-refractivity contribution in [3.05, 3.63) is 20.2 Å². The molecule has 0 unspecified atom stereocenters. The molecule has 0 aliphatic carbocycles. The lowest BCUT2D eigenvalue weighted by Gasteiger charge is -2.21. The lowest BCUT2D eigenvalue weighted by Crippen LogP contribution is -2.38. The Morgan fingerprint density at radius 2 is 2.25 bits per heavy atom. The van der Waals surface area contributed by atoms with E-state index in [1.54, 1.807) is 37.1 Å². The number of aromatic nitrogens is 1. The molecule has 0 aliphatic heterocycles. The first-order valence-corrected chi connectivity index (χ1v) is 5.78. The van der Waals surface area contributed by atoms with Crippen LogP contribution in [0.1, 0.15) is 0 Å². The van der Waals surface area contributed by atoms with E-state index in [1.807, 2.05) is 0 Å². The zero-order chi connectivity index (χ0) is 12.3. The third-order valence-electron chi connectivity index (χ3n) is 1.67. The van der Waals surface area contributed by atoms with Crippen molar-refractivity contribution < 1.29 is 5.03 Å². The average molecular weight is 308 g/mol. The minimum absolute atomic E-state index is 0.237. The molecule has 0 saturated carbocycles. The van der Waals surface area contributed by atoms with Gasteiger partial charge in [-0.05, 0) is 15.9 Å². The second-order valence-electron chi connectivity index (χ2n) is 3.04. The van der Waals surface area contributed by atoms with Crippen molar-refractivity contribution in [2.45, 2.75) is 0 Å². The summed E-state index contributed by atoms with van der Waals surface area (Å²) in [6.45, 7) is 0. The monoisotopic (exact) mass is 307 g/mol. The van der Waals surface area contributed by atoms with Crippen LogP contribution in [0, 0.1) is 10.1 Å². The van der Waals surface area contributed by atoms with Crippen LogP contribution in [0.3, 0.4) is 0 Å². The van der Waals surface area contributed by atoms with E-state index in [0.29, 0.717) is 3.92 Å². The van der Waals surface area contributed by atoms with Crippen molar-refractivity contribution >= 4 is 38.2 Å². The van der Waals surface area contributed by atoms with Gasteiger partial charge >= 0.3 is 0 Å². The van der Waals surface area contributed by atoms with Gasteiger partial charge in [-0.15, -0.1) is 0 Å². The molecule has 88 valence electrons. The molecule has 0 atom stereocenters. The molecule has 0 saturated heterocycles. The van der Waals surface area contributed by atoms with Gasteiger partial charge in [0.2, 0.25) is 0 Å². The second-order valence-corrected chi connectivity index (χ2v) is 5.33. The van der Waals surface area contributed by atoms with Gasteiger partial charge in [-0.2, -0.15) is 0 Å². The van der Waals surface area contributed by atoms with E-state index in [4.69, 9.17) is 0 Å². The Balaban J connectivity index is 3.00. The number of thiazole rings is 1. The number of halogens is 1. The Hall–Kier alpha value is -1.22. The quantitative estimate of drug-likeness (QED) is 0.358. The minimum atomic E-state index is -0.720. The lowest BCUT2D eigenvalue weighted by molar-refractivity contribution is -0.485. The highest BCUT2D eigenvalue weighted by Gasteiger charge is 2.17. The van der Waals surface area contributed by atoms with Crippen LogP contribution in [-0.2, 0) is 0 Å². The fraction of sp³-hybridized carbons (Fsp3) is 0.429. The summed E-state index contributed by atoms with van der Waals surface area (Å²) >= 11 is 4.60. The molecule has 7 nitrogen and oxygen atoms in total. The molecular weight excluding hydrogens is 298 g/mol. The highest BCUT2D eigenvalue weighted by atomic mass is 79.9. The second kappa shape index (κ2) is 5.21. The highest BCUT2D eigenvalue weighted by Crippen LogP contribution is 2.26. The number of nitrogens with zero attached hydrogens (tertiary/aromatic N) is 5. The van der Waals surface area contributed by atoms with Crippen LogP contribution in [0.4, 0.5) is 5.00 Å². The van der Waals surface area contributed by atoms with Crippen molar-refractivity contribution in [3.63, 3.8) is 0 Å².